The van der Waals surface area contributed by atoms with Gasteiger partial charge < -0.3 is 10.2 Å². The molecule has 1 saturated heterocycles. The first kappa shape index (κ1) is 17.5. The van der Waals surface area contributed by atoms with Gasteiger partial charge in [-0.15, -0.1) is 0 Å². The van der Waals surface area contributed by atoms with E-state index >= 15 is 0 Å². The maximum absolute atomic E-state index is 12.1. The molecule has 0 saturated carbocycles. The van der Waals surface area contributed by atoms with Crippen LogP contribution in [0, 0.1) is 6.92 Å². The summed E-state index contributed by atoms with van der Waals surface area (Å²) in [5.41, 5.74) is 2.09. The van der Waals surface area contributed by atoms with Gasteiger partial charge >= 0.3 is 0 Å². The Morgan fingerprint density at radius 1 is 1.30 bits per heavy atom. The van der Waals surface area contributed by atoms with Crippen molar-refractivity contribution >= 4 is 21.7 Å². The van der Waals surface area contributed by atoms with Crippen molar-refractivity contribution < 1.29 is 18.0 Å². The summed E-state index contributed by atoms with van der Waals surface area (Å²) >= 11 is 0. The fourth-order valence-corrected chi connectivity index (χ4v) is 4.46. The Labute approximate surface area is 136 Å². The van der Waals surface area contributed by atoms with E-state index in [9.17, 15) is 18.0 Å². The van der Waals surface area contributed by atoms with Crippen LogP contribution in [0.3, 0.4) is 0 Å². The van der Waals surface area contributed by atoms with Crippen molar-refractivity contribution in [3.05, 3.63) is 35.4 Å². The molecule has 1 aliphatic heterocycles. The first-order valence-corrected chi connectivity index (χ1v) is 9.39. The Kier molecular flexibility index (Phi) is 5.41. The molecule has 1 N–H and O–H groups in total. The quantitative estimate of drug-likeness (QED) is 0.854. The van der Waals surface area contributed by atoms with Crippen LogP contribution in [0.25, 0.3) is 0 Å². The van der Waals surface area contributed by atoms with Crippen LogP contribution in [0.4, 0.5) is 0 Å². The zero-order valence-corrected chi connectivity index (χ0v) is 14.2. The number of hydrogen-bond acceptors (Lipinski definition) is 4. The van der Waals surface area contributed by atoms with E-state index in [1.54, 1.807) is 0 Å². The second kappa shape index (κ2) is 7.12. The zero-order valence-electron chi connectivity index (χ0n) is 13.4. The van der Waals surface area contributed by atoms with Crippen molar-refractivity contribution in [2.75, 3.05) is 18.1 Å². The van der Waals surface area contributed by atoms with E-state index in [2.05, 4.69) is 5.32 Å². The number of nitrogens with zero attached hydrogens (tertiary/aromatic N) is 1. The molecule has 2 amide bonds. The van der Waals surface area contributed by atoms with E-state index < -0.39 is 15.9 Å². The molecule has 126 valence electrons. The van der Waals surface area contributed by atoms with Crippen LogP contribution in [0.15, 0.2) is 24.3 Å². The SMILES string of the molecule is CC(=O)N(CC(=O)NCc1ccccc1C)C1CCS(=O)(=O)C1. The first-order chi connectivity index (χ1) is 10.8. The summed E-state index contributed by atoms with van der Waals surface area (Å²) in [5, 5.41) is 2.79. The van der Waals surface area contributed by atoms with Gasteiger partial charge in [0.25, 0.3) is 0 Å². The molecule has 1 aromatic carbocycles. The predicted molar refractivity (Wildman–Crippen MR) is 87.5 cm³/mol. The molecule has 2 rings (SSSR count). The molecule has 23 heavy (non-hydrogen) atoms. The molecule has 1 fully saturated rings. The van der Waals surface area contributed by atoms with Gasteiger partial charge in [-0.2, -0.15) is 0 Å². The highest BCUT2D eigenvalue weighted by Crippen LogP contribution is 2.17. The summed E-state index contributed by atoms with van der Waals surface area (Å²) in [5.74, 6) is -0.546. The van der Waals surface area contributed by atoms with Crippen molar-refractivity contribution in [3.63, 3.8) is 0 Å². The summed E-state index contributed by atoms with van der Waals surface area (Å²) in [6.07, 6.45) is 0.396. The summed E-state index contributed by atoms with van der Waals surface area (Å²) < 4.78 is 23.1. The van der Waals surface area contributed by atoms with Gasteiger partial charge in [0.1, 0.15) is 0 Å². The van der Waals surface area contributed by atoms with Crippen molar-refractivity contribution in [2.45, 2.75) is 32.9 Å². The molecular weight excluding hydrogens is 316 g/mol. The van der Waals surface area contributed by atoms with Gasteiger partial charge in [-0.05, 0) is 24.5 Å². The molecule has 0 radical (unpaired) electrons. The second-order valence-electron chi connectivity index (χ2n) is 5.91. The van der Waals surface area contributed by atoms with Gasteiger partial charge in [0.05, 0.1) is 18.1 Å². The number of carbonyl (C=O) groups excluding carboxylic acids is 2. The lowest BCUT2D eigenvalue weighted by molar-refractivity contribution is -0.136. The molecule has 1 heterocycles. The van der Waals surface area contributed by atoms with Crippen LogP contribution in [0.5, 0.6) is 0 Å². The Balaban J connectivity index is 1.94. The Hall–Kier alpha value is -1.89. The molecule has 0 aromatic heterocycles. The number of amides is 2. The van der Waals surface area contributed by atoms with Crippen LogP contribution in [-0.4, -0.2) is 49.2 Å². The van der Waals surface area contributed by atoms with Crippen LogP contribution in [-0.2, 0) is 26.0 Å². The Morgan fingerprint density at radius 3 is 2.57 bits per heavy atom. The van der Waals surface area contributed by atoms with E-state index in [0.717, 1.165) is 11.1 Å². The van der Waals surface area contributed by atoms with Crippen molar-refractivity contribution in [3.8, 4) is 0 Å². The third-order valence-corrected chi connectivity index (χ3v) is 5.86. The minimum atomic E-state index is -3.10. The molecular formula is C16H22N2O4S. The van der Waals surface area contributed by atoms with Gasteiger partial charge in [0.2, 0.25) is 11.8 Å². The average molecular weight is 338 g/mol. The lowest BCUT2D eigenvalue weighted by Crippen LogP contribution is -2.46. The smallest absolute Gasteiger partial charge is 0.239 e. The number of hydrogen-bond donors (Lipinski definition) is 1. The number of rotatable bonds is 5. The van der Waals surface area contributed by atoms with E-state index in [4.69, 9.17) is 0 Å². The van der Waals surface area contributed by atoms with Gasteiger partial charge in [0.15, 0.2) is 9.84 Å². The lowest BCUT2D eigenvalue weighted by atomic mass is 10.1. The van der Waals surface area contributed by atoms with E-state index in [0.29, 0.717) is 13.0 Å². The second-order valence-corrected chi connectivity index (χ2v) is 8.14. The molecule has 0 aliphatic carbocycles. The van der Waals surface area contributed by atoms with Crippen molar-refractivity contribution in [1.82, 2.24) is 10.2 Å². The molecule has 6 nitrogen and oxygen atoms in total. The zero-order chi connectivity index (χ0) is 17.0. The van der Waals surface area contributed by atoms with Gasteiger partial charge in [-0.3, -0.25) is 9.59 Å². The largest absolute Gasteiger partial charge is 0.350 e. The Morgan fingerprint density at radius 2 is 2.00 bits per heavy atom. The highest BCUT2D eigenvalue weighted by atomic mass is 32.2. The molecule has 1 atom stereocenters. The number of benzene rings is 1. The van der Waals surface area contributed by atoms with Crippen LogP contribution in [0.2, 0.25) is 0 Å². The fourth-order valence-electron chi connectivity index (χ4n) is 2.73. The highest BCUT2D eigenvalue weighted by molar-refractivity contribution is 7.91. The standard InChI is InChI=1S/C16H22N2O4S/c1-12-5-3-4-6-14(12)9-17-16(20)10-18(13(2)19)15-7-8-23(21,22)11-15/h3-6,15H,7-11H2,1-2H3,(H,17,20). The summed E-state index contributed by atoms with van der Waals surface area (Å²) in [6.45, 7) is 3.61. The van der Waals surface area contributed by atoms with Crippen molar-refractivity contribution in [1.29, 1.82) is 0 Å². The average Bonchev–Trinajstić information content (AvgIpc) is 2.83. The number of sulfone groups is 1. The van der Waals surface area contributed by atoms with Gasteiger partial charge in [0, 0.05) is 19.5 Å². The van der Waals surface area contributed by atoms with E-state index in [-0.39, 0.29) is 29.9 Å². The molecule has 0 bridgehead atoms. The molecule has 0 spiro atoms. The number of nitrogens with one attached hydrogen (secondary N) is 1. The number of carbonyl (C=O) groups is 2. The maximum Gasteiger partial charge on any atom is 0.239 e. The molecule has 1 aliphatic rings. The maximum atomic E-state index is 12.1. The van der Waals surface area contributed by atoms with Gasteiger partial charge in [-0.1, -0.05) is 24.3 Å². The monoisotopic (exact) mass is 338 g/mol. The van der Waals surface area contributed by atoms with Crippen LogP contribution >= 0.6 is 0 Å². The molecule has 1 aromatic rings. The molecule has 1 unspecified atom stereocenters. The van der Waals surface area contributed by atoms with Crippen LogP contribution in [0.1, 0.15) is 24.5 Å². The summed E-state index contributed by atoms with van der Waals surface area (Å²) in [4.78, 5) is 25.2. The minimum Gasteiger partial charge on any atom is -0.350 e. The number of aryl methyl sites for hydroxylation is 1. The summed E-state index contributed by atoms with van der Waals surface area (Å²) in [6, 6.07) is 7.33. The van der Waals surface area contributed by atoms with Gasteiger partial charge in [-0.25, -0.2) is 8.42 Å². The minimum absolute atomic E-state index is 0.0579. The third-order valence-electron chi connectivity index (χ3n) is 4.10. The van der Waals surface area contributed by atoms with E-state index in [1.807, 2.05) is 31.2 Å². The predicted octanol–water partition coefficient (Wildman–Crippen LogP) is 0.647. The van der Waals surface area contributed by atoms with Crippen molar-refractivity contribution in [2.24, 2.45) is 0 Å². The summed E-state index contributed by atoms with van der Waals surface area (Å²) in [7, 11) is -3.10. The van der Waals surface area contributed by atoms with E-state index in [1.165, 1.54) is 11.8 Å². The third kappa shape index (κ3) is 4.79. The first-order valence-electron chi connectivity index (χ1n) is 7.57. The lowest BCUT2D eigenvalue weighted by Gasteiger charge is -2.26. The Bertz CT molecular complexity index is 700. The van der Waals surface area contributed by atoms with Crippen LogP contribution < -0.4 is 5.32 Å². The fraction of sp³-hybridized carbons (Fsp3) is 0.500. The normalized spacial score (nSPS) is 19.3. The topological polar surface area (TPSA) is 83.6 Å². The molecule has 7 heteroatoms. The highest BCUT2D eigenvalue weighted by Gasteiger charge is 2.34.